The fourth-order valence-corrected chi connectivity index (χ4v) is 9.54. The summed E-state index contributed by atoms with van der Waals surface area (Å²) < 4.78 is 0. The first-order valence-corrected chi connectivity index (χ1v) is 28.4. The van der Waals surface area contributed by atoms with Crippen LogP contribution in [-0.4, -0.2) is 9.52 Å². The predicted molar refractivity (Wildman–Crippen MR) is 263 cm³/mol. The van der Waals surface area contributed by atoms with Crippen LogP contribution >= 0.6 is 17.0 Å². The van der Waals surface area contributed by atoms with Gasteiger partial charge in [0.2, 0.25) is 0 Å². The molecule has 8 aromatic carbocycles. The van der Waals surface area contributed by atoms with Gasteiger partial charge >= 0.3 is 37.9 Å². The summed E-state index contributed by atoms with van der Waals surface area (Å²) in [6, 6.07) is 54.3. The van der Waals surface area contributed by atoms with Crippen LogP contribution in [-0.2, 0) is 44.5 Å². The first-order chi connectivity index (χ1) is 28.7. The van der Waals surface area contributed by atoms with Crippen LogP contribution in [0, 0.1) is 19.9 Å². The van der Waals surface area contributed by atoms with Crippen molar-refractivity contribution in [2.24, 2.45) is 0 Å². The van der Waals surface area contributed by atoms with E-state index in [0.29, 0.717) is 0 Å². The average Bonchev–Trinajstić information content (AvgIpc) is 3.98. The maximum Gasteiger partial charge on any atom is 0.0920 e. The van der Waals surface area contributed by atoms with Crippen molar-refractivity contribution in [1.82, 2.24) is 0 Å². The summed E-state index contributed by atoms with van der Waals surface area (Å²) >= 11 is -0.826. The zero-order valence-corrected chi connectivity index (χ0v) is 41.9. The molecule has 0 aromatic heterocycles. The van der Waals surface area contributed by atoms with Gasteiger partial charge < -0.3 is 0 Å². The standard InChI is InChI=1S/2C22H25.C12H7Si.2ClH.Zr/c2*1-6-16-9-7-8-10-19(16)21-15(2)11-12-17-13-18(14-20(17)21)22(3,4)5;1-3-7-11-9(5-1)10-6-2-4-8-12(10)13-11;;;/h2*7-14H,6H2,1-5H3;1-7H;2*1H;/q3*-1;;;+2/p-2. The minimum absolute atomic E-state index is 0.189. The number of halogens is 2. The molecule has 0 fully saturated rings. The van der Waals surface area contributed by atoms with E-state index in [1.165, 1.54) is 98.7 Å². The van der Waals surface area contributed by atoms with Crippen LogP contribution in [0.25, 0.3) is 54.9 Å². The van der Waals surface area contributed by atoms with Gasteiger partial charge in [0, 0.05) is 0 Å². The van der Waals surface area contributed by atoms with E-state index >= 15 is 0 Å². The van der Waals surface area contributed by atoms with Gasteiger partial charge in [0.05, 0.1) is 9.52 Å². The number of aryl methyl sites for hydroxylation is 4. The first kappa shape index (κ1) is 45.7. The molecule has 1 aliphatic rings. The van der Waals surface area contributed by atoms with Gasteiger partial charge in [-0.05, 0) is 59.8 Å². The average molecular weight is 920 g/mol. The minimum Gasteiger partial charge on any atom is -0.184 e. The fraction of sp³-hybridized carbons (Fsp3) is 0.250. The number of hydrogen-bond acceptors (Lipinski definition) is 0. The SMILES string of the molecule is CCc1ccccc1-c1c(C)ccc2[cH-]c(C(C)(C)C)cc12.CCc1ccccc1-c1c(C)ccc2[cH-]c(C(C)(C)C)cc12.[Cl][Zr][Cl].[c-]1cccc2c1[Si]c1ccccc1-2. The molecule has 0 bridgehead atoms. The molecule has 0 amide bonds. The Bertz CT molecular complexity index is 2510. The molecule has 0 unspecified atom stereocenters. The zero-order valence-electron chi connectivity index (χ0n) is 36.9. The maximum absolute atomic E-state index is 4.93. The van der Waals surface area contributed by atoms with Crippen LogP contribution in [0.1, 0.15) is 88.8 Å². The van der Waals surface area contributed by atoms with Gasteiger partial charge in [-0.1, -0.05) is 161 Å². The third-order valence-corrected chi connectivity index (χ3v) is 13.0. The molecular weight excluding hydrogens is 863 g/mol. The topological polar surface area (TPSA) is 0 Å². The molecule has 0 N–H and O–H groups in total. The second kappa shape index (κ2) is 19.9. The van der Waals surface area contributed by atoms with Crippen LogP contribution in [0.2, 0.25) is 0 Å². The summed E-state index contributed by atoms with van der Waals surface area (Å²) in [4.78, 5) is 0. The minimum atomic E-state index is -0.826. The number of rotatable bonds is 4. The maximum atomic E-state index is 4.93. The van der Waals surface area contributed by atoms with Crippen molar-refractivity contribution in [2.45, 2.75) is 92.9 Å². The van der Waals surface area contributed by atoms with Gasteiger partial charge in [0.15, 0.2) is 0 Å². The van der Waals surface area contributed by atoms with Crippen LogP contribution in [0.5, 0.6) is 0 Å². The van der Waals surface area contributed by atoms with Gasteiger partial charge in [-0.2, -0.15) is 41.6 Å². The molecule has 60 heavy (non-hydrogen) atoms. The summed E-state index contributed by atoms with van der Waals surface area (Å²) in [7, 11) is 10.7. The van der Waals surface area contributed by atoms with E-state index in [1.807, 2.05) is 6.07 Å². The summed E-state index contributed by atoms with van der Waals surface area (Å²) in [5, 5.41) is 8.33. The molecular formula is C56H57Cl2SiZr-3. The second-order valence-electron chi connectivity index (χ2n) is 17.7. The van der Waals surface area contributed by atoms with Gasteiger partial charge in [0.1, 0.15) is 0 Å². The Morgan fingerprint density at radius 3 is 1.42 bits per heavy atom. The van der Waals surface area contributed by atoms with Crippen molar-refractivity contribution in [2.75, 3.05) is 0 Å². The van der Waals surface area contributed by atoms with Crippen molar-refractivity contribution < 1.29 is 20.8 Å². The Hall–Kier alpha value is -3.78. The van der Waals surface area contributed by atoms with E-state index in [4.69, 9.17) is 17.0 Å². The monoisotopic (exact) mass is 917 g/mol. The third-order valence-electron chi connectivity index (χ3n) is 11.6. The number of fused-ring (bicyclic) bond motifs is 5. The molecule has 0 saturated heterocycles. The molecule has 0 spiro atoms. The van der Waals surface area contributed by atoms with Crippen molar-refractivity contribution in [3.63, 3.8) is 0 Å². The van der Waals surface area contributed by atoms with Crippen LogP contribution in [0.15, 0.2) is 140 Å². The fourth-order valence-electron chi connectivity index (χ4n) is 8.23. The Labute approximate surface area is 381 Å². The van der Waals surface area contributed by atoms with E-state index in [0.717, 1.165) is 22.4 Å². The van der Waals surface area contributed by atoms with E-state index < -0.39 is 20.8 Å². The largest absolute Gasteiger partial charge is 0.184 e. The summed E-state index contributed by atoms with van der Waals surface area (Å²) in [6.07, 6.45) is 2.14. The van der Waals surface area contributed by atoms with E-state index in [2.05, 4.69) is 209 Å². The normalized spacial score (nSPS) is 11.7. The summed E-state index contributed by atoms with van der Waals surface area (Å²) in [5.41, 5.74) is 17.2. The predicted octanol–water partition coefficient (Wildman–Crippen LogP) is 15.3. The van der Waals surface area contributed by atoms with Crippen molar-refractivity contribution in [3.8, 4) is 33.4 Å². The molecule has 9 rings (SSSR count). The Morgan fingerprint density at radius 1 is 0.550 bits per heavy atom. The molecule has 0 atom stereocenters. The van der Waals surface area contributed by atoms with E-state index in [9.17, 15) is 0 Å². The van der Waals surface area contributed by atoms with E-state index in [-0.39, 0.29) is 10.8 Å². The molecule has 2 radical (unpaired) electrons. The van der Waals surface area contributed by atoms with Crippen LogP contribution in [0.4, 0.5) is 0 Å². The first-order valence-electron chi connectivity index (χ1n) is 21.1. The molecule has 0 saturated carbocycles. The van der Waals surface area contributed by atoms with Gasteiger partial charge in [0.25, 0.3) is 0 Å². The van der Waals surface area contributed by atoms with Crippen molar-refractivity contribution in [1.29, 1.82) is 0 Å². The molecule has 0 nitrogen and oxygen atoms in total. The Morgan fingerprint density at radius 2 is 0.967 bits per heavy atom. The Balaban J connectivity index is 0.000000150. The van der Waals surface area contributed by atoms with Crippen LogP contribution < -0.4 is 10.4 Å². The Kier molecular flexibility index (Phi) is 15.2. The molecule has 8 aromatic rings. The summed E-state index contributed by atoms with van der Waals surface area (Å²) in [5.74, 6) is 0. The van der Waals surface area contributed by atoms with Crippen molar-refractivity contribution >= 4 is 58.5 Å². The zero-order chi connectivity index (χ0) is 43.2. The van der Waals surface area contributed by atoms with Crippen molar-refractivity contribution in [3.05, 3.63) is 179 Å². The molecule has 1 heterocycles. The van der Waals surface area contributed by atoms with E-state index in [1.54, 1.807) is 0 Å². The molecule has 1 aliphatic heterocycles. The summed E-state index contributed by atoms with van der Waals surface area (Å²) in [6.45, 7) is 22.6. The molecule has 4 heteroatoms. The smallest absolute Gasteiger partial charge is 0.0920 e. The van der Waals surface area contributed by atoms with Gasteiger partial charge in [-0.3, -0.25) is 0 Å². The second-order valence-corrected chi connectivity index (χ2v) is 22.8. The third kappa shape index (κ3) is 10.3. The van der Waals surface area contributed by atoms with Gasteiger partial charge in [-0.25, -0.2) is 0 Å². The number of benzene rings is 6. The van der Waals surface area contributed by atoms with Crippen LogP contribution in [0.3, 0.4) is 0 Å². The molecule has 306 valence electrons. The van der Waals surface area contributed by atoms with Gasteiger partial charge in [-0.15, -0.1) is 74.6 Å². The quantitative estimate of drug-likeness (QED) is 0.122. The molecule has 0 aliphatic carbocycles. The number of hydrogen-bond donors (Lipinski definition) is 0.